The lowest BCUT2D eigenvalue weighted by Crippen LogP contribution is -2.03. The first-order valence-corrected chi connectivity index (χ1v) is 5.12. The number of benzene rings is 1. The van der Waals surface area contributed by atoms with E-state index in [-0.39, 0.29) is 0 Å². The summed E-state index contributed by atoms with van der Waals surface area (Å²) in [6.45, 7) is 0.599. The molecule has 1 heterocycles. The molecule has 0 amide bonds. The Morgan fingerprint density at radius 3 is 2.38 bits per heavy atom. The molecule has 2 N–H and O–H groups in total. The number of rotatable bonds is 4. The van der Waals surface area contributed by atoms with Crippen molar-refractivity contribution < 1.29 is 4.74 Å². The van der Waals surface area contributed by atoms with Crippen LogP contribution in [0, 0.1) is 0 Å². The molecule has 2 aromatic rings. The first-order valence-electron chi connectivity index (χ1n) is 5.12. The quantitative estimate of drug-likeness (QED) is 0.844. The Hall–Kier alpha value is -1.94. The molecule has 82 valence electrons. The van der Waals surface area contributed by atoms with Gasteiger partial charge in [-0.1, -0.05) is 18.2 Å². The summed E-state index contributed by atoms with van der Waals surface area (Å²) in [4.78, 5) is 8.21. The van der Waals surface area contributed by atoms with Crippen LogP contribution in [-0.4, -0.2) is 16.5 Å². The molecule has 0 aliphatic carbocycles. The van der Waals surface area contributed by atoms with Crippen molar-refractivity contribution in [1.82, 2.24) is 9.97 Å². The van der Waals surface area contributed by atoms with E-state index in [2.05, 4.69) is 9.97 Å². The zero-order valence-electron chi connectivity index (χ0n) is 8.84. The van der Waals surface area contributed by atoms with Crippen molar-refractivity contribution >= 4 is 0 Å². The van der Waals surface area contributed by atoms with Gasteiger partial charge in [-0.3, -0.25) is 0 Å². The van der Waals surface area contributed by atoms with Gasteiger partial charge < -0.3 is 10.5 Å². The van der Waals surface area contributed by atoms with Gasteiger partial charge in [0.1, 0.15) is 5.75 Å². The Balaban J connectivity index is 2.05. The van der Waals surface area contributed by atoms with Crippen molar-refractivity contribution in [1.29, 1.82) is 0 Å². The predicted molar refractivity (Wildman–Crippen MR) is 61.3 cm³/mol. The Labute approximate surface area is 94.1 Å². The summed E-state index contributed by atoms with van der Waals surface area (Å²) in [7, 11) is 0. The fraction of sp³-hybridized carbons (Fsp3) is 0.167. The van der Waals surface area contributed by atoms with Gasteiger partial charge in [0.15, 0.2) is 0 Å². The number of aromatic nitrogens is 2. The number of hydrogen-bond donors (Lipinski definition) is 1. The van der Waals surface area contributed by atoms with Crippen LogP contribution < -0.4 is 10.5 Å². The van der Waals surface area contributed by atoms with Gasteiger partial charge in [0.25, 0.3) is 0 Å². The highest BCUT2D eigenvalue weighted by molar-refractivity contribution is 5.24. The second-order valence-electron chi connectivity index (χ2n) is 3.33. The zero-order valence-corrected chi connectivity index (χ0v) is 8.84. The molecule has 0 unspecified atom stereocenters. The lowest BCUT2D eigenvalue weighted by molar-refractivity contribution is 0.441. The van der Waals surface area contributed by atoms with Gasteiger partial charge >= 0.3 is 6.01 Å². The van der Waals surface area contributed by atoms with Gasteiger partial charge in [0, 0.05) is 12.4 Å². The molecule has 0 fully saturated rings. The third-order valence-electron chi connectivity index (χ3n) is 2.07. The van der Waals surface area contributed by atoms with Crippen molar-refractivity contribution in [2.24, 2.45) is 5.73 Å². The van der Waals surface area contributed by atoms with E-state index in [1.54, 1.807) is 12.4 Å². The maximum Gasteiger partial charge on any atom is 0.321 e. The van der Waals surface area contributed by atoms with Crippen LogP contribution in [0.2, 0.25) is 0 Å². The van der Waals surface area contributed by atoms with Crippen LogP contribution in [0.15, 0.2) is 42.7 Å². The van der Waals surface area contributed by atoms with Crippen LogP contribution in [-0.2, 0) is 6.42 Å². The SMILES string of the molecule is NCCc1cnc(Oc2ccccc2)nc1. The van der Waals surface area contributed by atoms with Crippen LogP contribution in [0.5, 0.6) is 11.8 Å². The van der Waals surface area contributed by atoms with Crippen molar-refractivity contribution in [3.63, 3.8) is 0 Å². The number of ether oxygens (including phenoxy) is 1. The Morgan fingerprint density at radius 1 is 1.06 bits per heavy atom. The summed E-state index contributed by atoms with van der Waals surface area (Å²) in [5, 5.41) is 0. The second kappa shape index (κ2) is 5.23. The minimum atomic E-state index is 0.354. The van der Waals surface area contributed by atoms with Gasteiger partial charge in [0.2, 0.25) is 0 Å². The molecule has 1 aromatic heterocycles. The maximum atomic E-state index is 5.46. The van der Waals surface area contributed by atoms with Gasteiger partial charge in [-0.15, -0.1) is 0 Å². The molecule has 0 saturated carbocycles. The van der Waals surface area contributed by atoms with E-state index in [4.69, 9.17) is 10.5 Å². The Kier molecular flexibility index (Phi) is 3.46. The van der Waals surface area contributed by atoms with Crippen LogP contribution >= 0.6 is 0 Å². The van der Waals surface area contributed by atoms with Gasteiger partial charge in [-0.05, 0) is 30.7 Å². The molecular weight excluding hydrogens is 202 g/mol. The highest BCUT2D eigenvalue weighted by atomic mass is 16.5. The fourth-order valence-corrected chi connectivity index (χ4v) is 1.29. The zero-order chi connectivity index (χ0) is 11.2. The third kappa shape index (κ3) is 2.77. The van der Waals surface area contributed by atoms with Crippen LogP contribution in [0.3, 0.4) is 0 Å². The summed E-state index contributed by atoms with van der Waals surface area (Å²) in [6.07, 6.45) is 4.25. The van der Waals surface area contributed by atoms with E-state index in [9.17, 15) is 0 Å². The monoisotopic (exact) mass is 215 g/mol. The Morgan fingerprint density at radius 2 is 1.75 bits per heavy atom. The molecule has 1 aromatic carbocycles. The molecule has 4 nitrogen and oxygen atoms in total. The van der Waals surface area contributed by atoms with E-state index in [0.29, 0.717) is 12.6 Å². The third-order valence-corrected chi connectivity index (χ3v) is 2.07. The average Bonchev–Trinajstić information content (AvgIpc) is 2.33. The van der Waals surface area contributed by atoms with E-state index >= 15 is 0 Å². The van der Waals surface area contributed by atoms with E-state index in [1.165, 1.54) is 0 Å². The topological polar surface area (TPSA) is 61.0 Å². The predicted octanol–water partition coefficient (Wildman–Crippen LogP) is 1.77. The largest absolute Gasteiger partial charge is 0.424 e. The molecule has 2 rings (SSSR count). The lowest BCUT2D eigenvalue weighted by atomic mass is 10.2. The molecule has 4 heteroatoms. The summed E-state index contributed by atoms with van der Waals surface area (Å²) in [5.74, 6) is 0.731. The molecule has 0 spiro atoms. The van der Waals surface area contributed by atoms with Crippen LogP contribution in [0.1, 0.15) is 5.56 Å². The van der Waals surface area contributed by atoms with Crippen LogP contribution in [0.25, 0.3) is 0 Å². The van der Waals surface area contributed by atoms with Crippen LogP contribution in [0.4, 0.5) is 0 Å². The molecule has 0 aliphatic rings. The van der Waals surface area contributed by atoms with Crippen molar-refractivity contribution in [2.75, 3.05) is 6.54 Å². The van der Waals surface area contributed by atoms with Gasteiger partial charge in [-0.2, -0.15) is 0 Å². The smallest absolute Gasteiger partial charge is 0.321 e. The minimum Gasteiger partial charge on any atom is -0.424 e. The number of hydrogen-bond acceptors (Lipinski definition) is 4. The molecule has 0 aliphatic heterocycles. The van der Waals surface area contributed by atoms with Crippen molar-refractivity contribution in [3.05, 3.63) is 48.3 Å². The molecule has 0 atom stereocenters. The summed E-state index contributed by atoms with van der Waals surface area (Å²) >= 11 is 0. The normalized spacial score (nSPS) is 10.1. The molecule has 0 saturated heterocycles. The number of nitrogens with two attached hydrogens (primary N) is 1. The van der Waals surface area contributed by atoms with Gasteiger partial charge in [0.05, 0.1) is 0 Å². The number of para-hydroxylation sites is 1. The summed E-state index contributed by atoms with van der Waals surface area (Å²) in [6, 6.07) is 9.80. The fourth-order valence-electron chi connectivity index (χ4n) is 1.29. The number of nitrogens with zero attached hydrogens (tertiary/aromatic N) is 2. The average molecular weight is 215 g/mol. The van der Waals surface area contributed by atoms with E-state index in [0.717, 1.165) is 17.7 Å². The first-order chi connectivity index (χ1) is 7.88. The molecule has 0 radical (unpaired) electrons. The minimum absolute atomic E-state index is 0.354. The van der Waals surface area contributed by atoms with E-state index < -0.39 is 0 Å². The molecule has 16 heavy (non-hydrogen) atoms. The highest BCUT2D eigenvalue weighted by Gasteiger charge is 1.99. The molecular formula is C12H13N3O. The summed E-state index contributed by atoms with van der Waals surface area (Å²) < 4.78 is 5.46. The van der Waals surface area contributed by atoms with E-state index in [1.807, 2.05) is 30.3 Å². The summed E-state index contributed by atoms with van der Waals surface area (Å²) in [5.41, 5.74) is 6.45. The standard InChI is InChI=1S/C12H13N3O/c13-7-6-10-8-14-12(15-9-10)16-11-4-2-1-3-5-11/h1-5,8-9H,6-7,13H2. The maximum absolute atomic E-state index is 5.46. The lowest BCUT2D eigenvalue weighted by Gasteiger charge is -2.03. The van der Waals surface area contributed by atoms with Crippen molar-refractivity contribution in [3.8, 4) is 11.8 Å². The van der Waals surface area contributed by atoms with Crippen molar-refractivity contribution in [2.45, 2.75) is 6.42 Å². The second-order valence-corrected chi connectivity index (χ2v) is 3.33. The van der Waals surface area contributed by atoms with Gasteiger partial charge in [-0.25, -0.2) is 9.97 Å². The molecule has 0 bridgehead atoms. The first kappa shape index (κ1) is 10.6. The highest BCUT2D eigenvalue weighted by Crippen LogP contribution is 2.15. The Bertz CT molecular complexity index is 428.